The monoisotopic (exact) mass is 368 g/mol. The van der Waals surface area contributed by atoms with Gasteiger partial charge in [-0.3, -0.25) is 0 Å². The molecule has 0 aromatic heterocycles. The van der Waals surface area contributed by atoms with Crippen molar-refractivity contribution in [2.75, 3.05) is 19.8 Å². The second kappa shape index (κ2) is 7.26. The first-order valence-electron chi connectivity index (χ1n) is 9.15. The lowest BCUT2D eigenvalue weighted by Crippen LogP contribution is -2.33. The van der Waals surface area contributed by atoms with Crippen LogP contribution >= 0.6 is 0 Å². The minimum atomic E-state index is -0.704. The maximum absolute atomic E-state index is 12.0. The van der Waals surface area contributed by atoms with E-state index in [1.54, 1.807) is 0 Å². The second-order valence-electron chi connectivity index (χ2n) is 7.46. The zero-order valence-electron chi connectivity index (χ0n) is 14.6. The molecule has 0 aromatic rings. The Kier molecular flexibility index (Phi) is 5.00. The highest BCUT2D eigenvalue weighted by Gasteiger charge is 2.49. The number of hydrogen-bond acceptors (Lipinski definition) is 8. The summed E-state index contributed by atoms with van der Waals surface area (Å²) in [6.07, 6.45) is 1.88. The molecule has 4 fully saturated rings. The third-order valence-corrected chi connectivity index (χ3v) is 5.74. The number of rotatable bonds is 4. The van der Waals surface area contributed by atoms with Crippen LogP contribution in [-0.2, 0) is 33.3 Å². The summed E-state index contributed by atoms with van der Waals surface area (Å²) < 4.78 is 27.2. The van der Waals surface area contributed by atoms with Gasteiger partial charge in [-0.25, -0.2) is 9.59 Å². The number of aliphatic hydroxyl groups is 1. The van der Waals surface area contributed by atoms with E-state index in [-0.39, 0.29) is 31.3 Å². The predicted molar refractivity (Wildman–Crippen MR) is 86.0 cm³/mol. The fraction of sp³-hybridized carbons (Fsp3) is 0.778. The molecule has 0 spiro atoms. The van der Waals surface area contributed by atoms with Crippen LogP contribution in [0.25, 0.3) is 0 Å². The minimum Gasteiger partial charge on any atom is -0.456 e. The largest absolute Gasteiger partial charge is 0.456 e. The van der Waals surface area contributed by atoms with Crippen LogP contribution in [0.2, 0.25) is 0 Å². The maximum Gasteiger partial charge on any atom is 0.331 e. The fourth-order valence-electron chi connectivity index (χ4n) is 4.40. The van der Waals surface area contributed by atoms with Gasteiger partial charge < -0.3 is 28.8 Å². The van der Waals surface area contributed by atoms with Crippen LogP contribution in [0, 0.1) is 11.8 Å². The molecule has 1 saturated carbocycles. The van der Waals surface area contributed by atoms with E-state index in [0.29, 0.717) is 12.5 Å². The van der Waals surface area contributed by atoms with E-state index >= 15 is 0 Å². The highest BCUT2D eigenvalue weighted by molar-refractivity contribution is 5.91. The highest BCUT2D eigenvalue weighted by Crippen LogP contribution is 2.41. The lowest BCUT2D eigenvalue weighted by Gasteiger charge is -2.16. The first-order valence-corrected chi connectivity index (χ1v) is 9.15. The lowest BCUT2D eigenvalue weighted by molar-refractivity contribution is -0.149. The standard InChI is InChI=1S/C18H24O8/c1-9-2-3-10-12(7-23-16(9)10)25-14(20)4-5-15(21)26-13-8-24-17-11(19)6-22-18(13)17/h4-5,9-13,16-19H,2-3,6-8H2,1H3/b5-4-/t9-,10-,11-,12+,13-,16-,17-,18-/m1/s1. The Labute approximate surface area is 151 Å². The summed E-state index contributed by atoms with van der Waals surface area (Å²) in [5.41, 5.74) is 0. The van der Waals surface area contributed by atoms with Gasteiger partial charge in [-0.15, -0.1) is 0 Å². The molecule has 144 valence electrons. The fourth-order valence-corrected chi connectivity index (χ4v) is 4.40. The van der Waals surface area contributed by atoms with E-state index in [9.17, 15) is 14.7 Å². The first-order chi connectivity index (χ1) is 12.5. The summed E-state index contributed by atoms with van der Waals surface area (Å²) in [7, 11) is 0. The number of carbonyl (C=O) groups is 2. The Bertz CT molecular complexity index is 540. The van der Waals surface area contributed by atoms with Crippen molar-refractivity contribution in [3.8, 4) is 0 Å². The van der Waals surface area contributed by atoms with E-state index in [1.807, 2.05) is 0 Å². The number of ether oxygens (including phenoxy) is 5. The van der Waals surface area contributed by atoms with E-state index in [0.717, 1.165) is 25.0 Å². The quantitative estimate of drug-likeness (QED) is 0.545. The van der Waals surface area contributed by atoms with Crippen molar-refractivity contribution < 1.29 is 38.4 Å². The van der Waals surface area contributed by atoms with E-state index in [4.69, 9.17) is 23.7 Å². The van der Waals surface area contributed by atoms with Crippen molar-refractivity contribution >= 4 is 11.9 Å². The van der Waals surface area contributed by atoms with Crippen molar-refractivity contribution in [3.05, 3.63) is 12.2 Å². The summed E-state index contributed by atoms with van der Waals surface area (Å²) in [6.45, 7) is 2.88. The molecule has 4 rings (SSSR count). The van der Waals surface area contributed by atoms with Gasteiger partial charge in [0.25, 0.3) is 0 Å². The summed E-state index contributed by atoms with van der Waals surface area (Å²) in [5, 5.41) is 9.67. The van der Waals surface area contributed by atoms with Crippen LogP contribution in [0.5, 0.6) is 0 Å². The zero-order valence-corrected chi connectivity index (χ0v) is 14.6. The van der Waals surface area contributed by atoms with E-state index in [1.165, 1.54) is 0 Å². The number of carbonyl (C=O) groups excluding carboxylic acids is 2. The van der Waals surface area contributed by atoms with E-state index in [2.05, 4.69) is 6.92 Å². The van der Waals surface area contributed by atoms with Crippen LogP contribution < -0.4 is 0 Å². The molecule has 26 heavy (non-hydrogen) atoms. The Morgan fingerprint density at radius 1 is 0.885 bits per heavy atom. The molecule has 8 nitrogen and oxygen atoms in total. The molecule has 3 aliphatic heterocycles. The molecular formula is C18H24O8. The van der Waals surface area contributed by atoms with Gasteiger partial charge in [0.05, 0.1) is 25.9 Å². The van der Waals surface area contributed by atoms with Crippen LogP contribution in [0.1, 0.15) is 19.8 Å². The molecule has 0 unspecified atom stereocenters. The van der Waals surface area contributed by atoms with Gasteiger partial charge in [0, 0.05) is 18.1 Å². The Morgan fingerprint density at radius 3 is 2.27 bits per heavy atom. The number of esters is 2. The predicted octanol–water partition coefficient (Wildman–Crippen LogP) is -0.0304. The highest BCUT2D eigenvalue weighted by atomic mass is 16.6. The third-order valence-electron chi connectivity index (χ3n) is 5.74. The van der Waals surface area contributed by atoms with Crippen LogP contribution in [-0.4, -0.2) is 73.5 Å². The number of aliphatic hydroxyl groups excluding tert-OH is 1. The van der Waals surface area contributed by atoms with Crippen molar-refractivity contribution in [2.45, 2.75) is 56.4 Å². The van der Waals surface area contributed by atoms with Crippen LogP contribution in [0.15, 0.2) is 12.2 Å². The summed E-state index contributed by atoms with van der Waals surface area (Å²) in [4.78, 5) is 23.9. The molecular weight excluding hydrogens is 344 g/mol. The summed E-state index contributed by atoms with van der Waals surface area (Å²) >= 11 is 0. The number of fused-ring (bicyclic) bond motifs is 2. The van der Waals surface area contributed by atoms with Gasteiger partial charge in [0.15, 0.2) is 6.10 Å². The molecule has 1 N–H and O–H groups in total. The molecule has 8 atom stereocenters. The molecule has 4 aliphatic rings. The Balaban J connectivity index is 1.24. The maximum atomic E-state index is 12.0. The normalized spacial score (nSPS) is 44.2. The van der Waals surface area contributed by atoms with Gasteiger partial charge in [-0.2, -0.15) is 0 Å². The third kappa shape index (κ3) is 3.38. The molecule has 0 aromatic carbocycles. The van der Waals surface area contributed by atoms with Crippen molar-refractivity contribution in [1.29, 1.82) is 0 Å². The molecule has 0 bridgehead atoms. The van der Waals surface area contributed by atoms with Crippen molar-refractivity contribution in [3.63, 3.8) is 0 Å². The molecule has 1 aliphatic carbocycles. The van der Waals surface area contributed by atoms with Gasteiger partial charge >= 0.3 is 11.9 Å². The zero-order chi connectivity index (χ0) is 18.3. The van der Waals surface area contributed by atoms with Gasteiger partial charge in [-0.05, 0) is 18.8 Å². The van der Waals surface area contributed by atoms with Crippen molar-refractivity contribution in [1.82, 2.24) is 0 Å². The van der Waals surface area contributed by atoms with Gasteiger partial charge in [0.2, 0.25) is 0 Å². The molecule has 8 heteroatoms. The van der Waals surface area contributed by atoms with Crippen LogP contribution in [0.3, 0.4) is 0 Å². The van der Waals surface area contributed by atoms with Crippen LogP contribution in [0.4, 0.5) is 0 Å². The Hall–Kier alpha value is -1.48. The van der Waals surface area contributed by atoms with Gasteiger partial charge in [-0.1, -0.05) is 6.92 Å². The molecule has 0 radical (unpaired) electrons. The van der Waals surface area contributed by atoms with Gasteiger partial charge in [0.1, 0.15) is 24.4 Å². The molecule has 3 heterocycles. The first kappa shape index (κ1) is 17.9. The number of hydrogen-bond donors (Lipinski definition) is 1. The summed E-state index contributed by atoms with van der Waals surface area (Å²) in [6, 6.07) is 0. The SMILES string of the molecule is C[C@@H]1CC[C@H]2[C@@H]1OC[C@@H]2OC(=O)/C=C\C(=O)O[C@@H]1CO[C@H]2[C@@H]1OC[C@H]2O. The molecule has 0 amide bonds. The second-order valence-corrected chi connectivity index (χ2v) is 7.46. The lowest BCUT2D eigenvalue weighted by atomic mass is 10.00. The summed E-state index contributed by atoms with van der Waals surface area (Å²) in [5.74, 6) is -0.518. The molecule has 3 saturated heterocycles. The van der Waals surface area contributed by atoms with Crippen molar-refractivity contribution in [2.24, 2.45) is 11.8 Å². The average Bonchev–Trinajstić information content (AvgIpc) is 3.35. The minimum absolute atomic E-state index is 0.162. The smallest absolute Gasteiger partial charge is 0.331 e. The van der Waals surface area contributed by atoms with E-state index < -0.39 is 36.4 Å². The average molecular weight is 368 g/mol. The topological polar surface area (TPSA) is 101 Å². The Morgan fingerprint density at radius 2 is 1.50 bits per heavy atom.